The van der Waals surface area contributed by atoms with Crippen LogP contribution in [0.3, 0.4) is 0 Å². The molecule has 1 atom stereocenters. The maximum Gasteiger partial charge on any atom is 0.242 e. The van der Waals surface area contributed by atoms with Crippen LogP contribution in [0.5, 0.6) is 0 Å². The van der Waals surface area contributed by atoms with Crippen LogP contribution >= 0.6 is 0 Å². The van der Waals surface area contributed by atoms with Gasteiger partial charge in [-0.15, -0.1) is 0 Å². The van der Waals surface area contributed by atoms with Gasteiger partial charge in [-0.3, -0.25) is 19.6 Å². The van der Waals surface area contributed by atoms with Gasteiger partial charge in [-0.1, -0.05) is 83.8 Å². The number of carbonyl (C=O) groups excluding carboxylic acids is 2. The first kappa shape index (κ1) is 34.0. The summed E-state index contributed by atoms with van der Waals surface area (Å²) in [5.41, 5.74) is 5.08. The quantitative estimate of drug-likeness (QED) is 0.123. The molecule has 2 aromatic heterocycles. The predicted octanol–water partition coefficient (Wildman–Crippen LogP) is 8.46. The third kappa shape index (κ3) is 13.1. The van der Waals surface area contributed by atoms with Gasteiger partial charge in [0, 0.05) is 36.5 Å². The molecule has 2 N–H and O–H groups in total. The minimum absolute atomic E-state index is 0.0420. The van der Waals surface area contributed by atoms with Gasteiger partial charge in [-0.2, -0.15) is 0 Å². The second kappa shape index (κ2) is 20.4. The zero-order chi connectivity index (χ0) is 30.5. The maximum atomic E-state index is 13.2. The Morgan fingerprint density at radius 2 is 1.28 bits per heavy atom. The average molecular weight is 585 g/mol. The van der Waals surface area contributed by atoms with E-state index in [4.69, 9.17) is 0 Å². The first-order chi connectivity index (χ1) is 21.1. The third-order valence-corrected chi connectivity index (χ3v) is 7.86. The number of hydrogen-bond acceptors (Lipinski definition) is 4. The standard InChI is InChI=1S/C37H52N4O2/c1-3-5-7-8-9-10-11-12-15-26-40-37(43)35(41-36(42)23-6-4-2)22-18-19-30-27-31(33-20-13-16-24-38-33)29-32(28-30)34-21-14-17-25-39-34/h13-14,16-17,20-21,24-25,27-29,35H,3-12,15,18-19,22-23,26H2,1-2H3,(H,40,43)(H,41,42)/t35-/m0/s1. The van der Waals surface area contributed by atoms with Crippen molar-refractivity contribution in [2.75, 3.05) is 6.54 Å². The highest BCUT2D eigenvalue weighted by molar-refractivity contribution is 5.87. The van der Waals surface area contributed by atoms with Gasteiger partial charge in [0.05, 0.1) is 11.4 Å². The molecule has 2 heterocycles. The molecule has 0 radical (unpaired) electrons. The highest BCUT2D eigenvalue weighted by Gasteiger charge is 2.20. The summed E-state index contributed by atoms with van der Waals surface area (Å²) in [5, 5.41) is 6.13. The molecule has 0 fully saturated rings. The molecule has 0 aliphatic carbocycles. The lowest BCUT2D eigenvalue weighted by Gasteiger charge is -2.19. The van der Waals surface area contributed by atoms with Gasteiger partial charge in [-0.05, 0) is 80.1 Å². The van der Waals surface area contributed by atoms with Crippen LogP contribution in [0.15, 0.2) is 67.0 Å². The van der Waals surface area contributed by atoms with Gasteiger partial charge in [0.25, 0.3) is 0 Å². The number of rotatable bonds is 21. The van der Waals surface area contributed by atoms with Crippen molar-refractivity contribution in [1.82, 2.24) is 20.6 Å². The normalized spacial score (nSPS) is 11.7. The highest BCUT2D eigenvalue weighted by Crippen LogP contribution is 2.27. The van der Waals surface area contributed by atoms with Gasteiger partial charge in [-0.25, -0.2) is 0 Å². The number of nitrogens with zero attached hydrogens (tertiary/aromatic N) is 2. The van der Waals surface area contributed by atoms with Crippen molar-refractivity contribution in [3.05, 3.63) is 72.6 Å². The van der Waals surface area contributed by atoms with E-state index in [-0.39, 0.29) is 11.8 Å². The lowest BCUT2D eigenvalue weighted by molar-refractivity contribution is -0.129. The molecule has 0 aliphatic rings. The Labute approximate surface area is 259 Å². The minimum Gasteiger partial charge on any atom is -0.354 e. The molecule has 0 bridgehead atoms. The molecule has 0 unspecified atom stereocenters. The molecule has 1 aromatic carbocycles. The van der Waals surface area contributed by atoms with E-state index in [1.54, 1.807) is 0 Å². The molecule has 3 aromatic rings. The first-order valence-corrected chi connectivity index (χ1v) is 16.6. The van der Waals surface area contributed by atoms with Crippen LogP contribution in [0.4, 0.5) is 0 Å². The molecule has 3 rings (SSSR count). The summed E-state index contributed by atoms with van der Waals surface area (Å²) in [4.78, 5) is 34.9. The fourth-order valence-corrected chi connectivity index (χ4v) is 5.35. The summed E-state index contributed by atoms with van der Waals surface area (Å²) >= 11 is 0. The molecule has 6 heteroatoms. The van der Waals surface area contributed by atoms with E-state index in [0.717, 1.165) is 66.6 Å². The SMILES string of the molecule is CCCCCCCCCCCNC(=O)[C@H](CCCc1cc(-c2ccccn2)cc(-c2ccccn2)c1)NC(=O)CCCC. The topological polar surface area (TPSA) is 84.0 Å². The molecule has 43 heavy (non-hydrogen) atoms. The number of pyridine rings is 2. The van der Waals surface area contributed by atoms with E-state index < -0.39 is 6.04 Å². The van der Waals surface area contributed by atoms with E-state index in [1.165, 1.54) is 44.9 Å². The second-order valence-electron chi connectivity index (χ2n) is 11.6. The Morgan fingerprint density at radius 3 is 1.84 bits per heavy atom. The number of amides is 2. The van der Waals surface area contributed by atoms with E-state index in [1.807, 2.05) is 48.8 Å². The molecule has 232 valence electrons. The Hall–Kier alpha value is -3.54. The van der Waals surface area contributed by atoms with Crippen molar-refractivity contribution >= 4 is 11.8 Å². The summed E-state index contributed by atoms with van der Waals surface area (Å²) < 4.78 is 0. The van der Waals surface area contributed by atoms with Crippen LogP contribution in [0.1, 0.15) is 109 Å². The summed E-state index contributed by atoms with van der Waals surface area (Å²) in [6, 6.07) is 17.8. The molecule has 6 nitrogen and oxygen atoms in total. The van der Waals surface area contributed by atoms with Crippen molar-refractivity contribution < 1.29 is 9.59 Å². The number of carbonyl (C=O) groups is 2. The van der Waals surface area contributed by atoms with Crippen LogP contribution in [0, 0.1) is 0 Å². The third-order valence-electron chi connectivity index (χ3n) is 7.86. The molecular weight excluding hydrogens is 532 g/mol. The summed E-state index contributed by atoms with van der Waals surface area (Å²) in [6.07, 6.45) is 19.2. The van der Waals surface area contributed by atoms with E-state index in [0.29, 0.717) is 19.4 Å². The van der Waals surface area contributed by atoms with Crippen molar-refractivity contribution in [1.29, 1.82) is 0 Å². The van der Waals surface area contributed by atoms with Crippen molar-refractivity contribution in [2.45, 2.75) is 116 Å². The lowest BCUT2D eigenvalue weighted by Crippen LogP contribution is -2.47. The average Bonchev–Trinajstić information content (AvgIpc) is 3.04. The van der Waals surface area contributed by atoms with Crippen LogP contribution in [-0.2, 0) is 16.0 Å². The van der Waals surface area contributed by atoms with Crippen molar-refractivity contribution in [3.8, 4) is 22.5 Å². The fraction of sp³-hybridized carbons (Fsp3) is 0.514. The number of aromatic nitrogens is 2. The molecule has 0 saturated carbocycles. The molecule has 2 amide bonds. The monoisotopic (exact) mass is 584 g/mol. The van der Waals surface area contributed by atoms with Crippen LogP contribution in [0.2, 0.25) is 0 Å². The minimum atomic E-state index is -0.517. The molecule has 0 spiro atoms. The van der Waals surface area contributed by atoms with E-state index in [9.17, 15) is 9.59 Å². The van der Waals surface area contributed by atoms with Crippen molar-refractivity contribution in [2.24, 2.45) is 0 Å². The number of unbranched alkanes of at least 4 members (excludes halogenated alkanes) is 9. The molecule has 0 aliphatic heterocycles. The number of aryl methyl sites for hydroxylation is 1. The molecule has 0 saturated heterocycles. The highest BCUT2D eigenvalue weighted by atomic mass is 16.2. The zero-order valence-electron chi connectivity index (χ0n) is 26.5. The van der Waals surface area contributed by atoms with Gasteiger partial charge in [0.2, 0.25) is 11.8 Å². The van der Waals surface area contributed by atoms with Gasteiger partial charge in [0.15, 0.2) is 0 Å². The van der Waals surface area contributed by atoms with E-state index in [2.05, 4.69) is 52.6 Å². The summed E-state index contributed by atoms with van der Waals surface area (Å²) in [5.74, 6) is -0.111. The van der Waals surface area contributed by atoms with Crippen LogP contribution in [0.25, 0.3) is 22.5 Å². The Bertz CT molecular complexity index is 1140. The van der Waals surface area contributed by atoms with Gasteiger partial charge >= 0.3 is 0 Å². The van der Waals surface area contributed by atoms with Gasteiger partial charge < -0.3 is 10.6 Å². The Morgan fingerprint density at radius 1 is 0.698 bits per heavy atom. The zero-order valence-corrected chi connectivity index (χ0v) is 26.5. The number of nitrogens with one attached hydrogen (secondary N) is 2. The lowest BCUT2D eigenvalue weighted by atomic mass is 9.97. The Balaban J connectivity index is 1.57. The number of benzene rings is 1. The molecular formula is C37H52N4O2. The largest absolute Gasteiger partial charge is 0.354 e. The van der Waals surface area contributed by atoms with E-state index >= 15 is 0 Å². The van der Waals surface area contributed by atoms with Crippen molar-refractivity contribution in [3.63, 3.8) is 0 Å². The number of hydrogen-bond donors (Lipinski definition) is 2. The summed E-state index contributed by atoms with van der Waals surface area (Å²) in [6.45, 7) is 4.98. The Kier molecular flexibility index (Phi) is 16.1. The fourth-order valence-electron chi connectivity index (χ4n) is 5.35. The van der Waals surface area contributed by atoms with Crippen LogP contribution < -0.4 is 10.6 Å². The second-order valence-corrected chi connectivity index (χ2v) is 11.6. The predicted molar refractivity (Wildman–Crippen MR) is 178 cm³/mol. The van der Waals surface area contributed by atoms with Crippen LogP contribution in [-0.4, -0.2) is 34.4 Å². The summed E-state index contributed by atoms with van der Waals surface area (Å²) in [7, 11) is 0. The maximum absolute atomic E-state index is 13.2. The van der Waals surface area contributed by atoms with Gasteiger partial charge in [0.1, 0.15) is 6.04 Å². The smallest absolute Gasteiger partial charge is 0.242 e. The first-order valence-electron chi connectivity index (χ1n) is 16.6.